The van der Waals surface area contributed by atoms with E-state index in [1.54, 1.807) is 24.5 Å². The molecule has 1 aliphatic heterocycles. The van der Waals surface area contributed by atoms with E-state index >= 15 is 0 Å². The van der Waals surface area contributed by atoms with E-state index in [4.69, 9.17) is 4.42 Å². The summed E-state index contributed by atoms with van der Waals surface area (Å²) in [7, 11) is 0. The lowest BCUT2D eigenvalue weighted by Gasteiger charge is -2.15. The predicted molar refractivity (Wildman–Crippen MR) is 81.5 cm³/mol. The van der Waals surface area contributed by atoms with E-state index in [0.29, 0.717) is 12.1 Å². The highest BCUT2D eigenvalue weighted by Crippen LogP contribution is 2.29. The van der Waals surface area contributed by atoms with Crippen molar-refractivity contribution < 1.29 is 9.21 Å². The number of pyridine rings is 1. The van der Waals surface area contributed by atoms with Crippen LogP contribution in [0.1, 0.15) is 28.6 Å². The van der Waals surface area contributed by atoms with Crippen molar-refractivity contribution >= 4 is 17.0 Å². The molecule has 1 saturated heterocycles. The number of carbonyl (C=O) groups excluding carboxylic acids is 1. The average molecular weight is 293 g/mol. The molecule has 0 radical (unpaired) electrons. The third-order valence-corrected chi connectivity index (χ3v) is 4.04. The van der Waals surface area contributed by atoms with Crippen molar-refractivity contribution in [3.05, 3.63) is 60.2 Å². The maximum absolute atomic E-state index is 12.4. The smallest absolute Gasteiger partial charge is 0.255 e. The van der Waals surface area contributed by atoms with E-state index in [2.05, 4.69) is 9.97 Å². The number of likely N-dealkylation sites (tertiary alicyclic amines) is 1. The van der Waals surface area contributed by atoms with Gasteiger partial charge < -0.3 is 9.32 Å². The molecule has 0 saturated carbocycles. The summed E-state index contributed by atoms with van der Waals surface area (Å²) >= 11 is 0. The van der Waals surface area contributed by atoms with Crippen LogP contribution in [-0.2, 0) is 0 Å². The van der Waals surface area contributed by atoms with E-state index in [0.717, 1.165) is 30.0 Å². The fourth-order valence-corrected chi connectivity index (χ4v) is 2.88. The van der Waals surface area contributed by atoms with Gasteiger partial charge in [0, 0.05) is 25.5 Å². The number of benzene rings is 1. The Balaban J connectivity index is 1.53. The molecule has 0 aliphatic carbocycles. The van der Waals surface area contributed by atoms with Crippen LogP contribution in [-0.4, -0.2) is 33.9 Å². The molecule has 22 heavy (non-hydrogen) atoms. The van der Waals surface area contributed by atoms with Crippen molar-refractivity contribution in [2.75, 3.05) is 13.1 Å². The average Bonchev–Trinajstić information content (AvgIpc) is 3.21. The van der Waals surface area contributed by atoms with Crippen LogP contribution in [0.2, 0.25) is 0 Å². The number of rotatable bonds is 2. The van der Waals surface area contributed by atoms with Gasteiger partial charge >= 0.3 is 0 Å². The maximum atomic E-state index is 12.4. The molecule has 0 bridgehead atoms. The van der Waals surface area contributed by atoms with Crippen molar-refractivity contribution in [2.45, 2.75) is 12.3 Å². The number of carbonyl (C=O) groups is 1. The zero-order valence-electron chi connectivity index (χ0n) is 12.0. The lowest BCUT2D eigenvalue weighted by Crippen LogP contribution is -2.28. The first kappa shape index (κ1) is 13.0. The van der Waals surface area contributed by atoms with Gasteiger partial charge in [-0.1, -0.05) is 12.1 Å². The molecule has 1 aromatic carbocycles. The molecule has 1 aliphatic rings. The second-order valence-corrected chi connectivity index (χ2v) is 5.50. The number of amides is 1. The Kier molecular flexibility index (Phi) is 3.11. The second-order valence-electron chi connectivity index (χ2n) is 5.50. The summed E-state index contributed by atoms with van der Waals surface area (Å²) in [6.45, 7) is 1.36. The first-order valence-corrected chi connectivity index (χ1v) is 7.36. The van der Waals surface area contributed by atoms with Crippen LogP contribution in [0, 0.1) is 0 Å². The largest absolute Gasteiger partial charge is 0.440 e. The van der Waals surface area contributed by atoms with E-state index < -0.39 is 0 Å². The molecule has 2 aromatic heterocycles. The van der Waals surface area contributed by atoms with Crippen LogP contribution < -0.4 is 0 Å². The first-order chi connectivity index (χ1) is 10.8. The summed E-state index contributed by atoms with van der Waals surface area (Å²) in [6, 6.07) is 11.3. The lowest BCUT2D eigenvalue weighted by atomic mass is 10.1. The molecule has 110 valence electrons. The Morgan fingerprint density at radius 2 is 2.14 bits per heavy atom. The molecule has 5 nitrogen and oxygen atoms in total. The van der Waals surface area contributed by atoms with Crippen LogP contribution in [0.15, 0.2) is 53.2 Å². The minimum absolute atomic E-state index is 0.0201. The molecule has 0 spiro atoms. The van der Waals surface area contributed by atoms with Gasteiger partial charge in [-0.3, -0.25) is 9.78 Å². The number of para-hydroxylation sites is 2. The van der Waals surface area contributed by atoms with Gasteiger partial charge in [0.25, 0.3) is 5.91 Å². The fraction of sp³-hybridized carbons (Fsp3) is 0.235. The Hall–Kier alpha value is -2.69. The second kappa shape index (κ2) is 5.26. The summed E-state index contributed by atoms with van der Waals surface area (Å²) in [5.41, 5.74) is 2.30. The van der Waals surface area contributed by atoms with Gasteiger partial charge in [0.1, 0.15) is 5.52 Å². The number of fused-ring (bicyclic) bond motifs is 1. The van der Waals surface area contributed by atoms with Crippen LogP contribution in [0.3, 0.4) is 0 Å². The summed E-state index contributed by atoms with van der Waals surface area (Å²) in [6.07, 6.45) is 4.15. The molecule has 3 aromatic rings. The monoisotopic (exact) mass is 293 g/mol. The highest BCUT2D eigenvalue weighted by atomic mass is 16.3. The maximum Gasteiger partial charge on any atom is 0.255 e. The highest BCUT2D eigenvalue weighted by Gasteiger charge is 2.31. The molecule has 1 atom stereocenters. The Labute approximate surface area is 127 Å². The number of nitrogens with zero attached hydrogens (tertiary/aromatic N) is 3. The van der Waals surface area contributed by atoms with Crippen molar-refractivity contribution in [1.82, 2.24) is 14.9 Å². The quantitative estimate of drug-likeness (QED) is 0.729. The third-order valence-electron chi connectivity index (χ3n) is 4.04. The van der Waals surface area contributed by atoms with E-state index in [1.807, 2.05) is 29.2 Å². The zero-order valence-corrected chi connectivity index (χ0v) is 12.0. The summed E-state index contributed by atoms with van der Waals surface area (Å²) in [4.78, 5) is 22.8. The van der Waals surface area contributed by atoms with Crippen molar-refractivity contribution in [3.8, 4) is 0 Å². The first-order valence-electron chi connectivity index (χ1n) is 7.36. The number of oxazole rings is 1. The Morgan fingerprint density at radius 1 is 1.23 bits per heavy atom. The highest BCUT2D eigenvalue weighted by molar-refractivity contribution is 5.94. The molecular weight excluding hydrogens is 278 g/mol. The number of hydrogen-bond donors (Lipinski definition) is 0. The van der Waals surface area contributed by atoms with Crippen LogP contribution in [0.4, 0.5) is 0 Å². The third kappa shape index (κ3) is 2.24. The lowest BCUT2D eigenvalue weighted by molar-refractivity contribution is 0.0789. The molecule has 0 N–H and O–H groups in total. The predicted octanol–water partition coefficient (Wildman–Crippen LogP) is 2.85. The van der Waals surface area contributed by atoms with E-state index in [-0.39, 0.29) is 11.8 Å². The van der Waals surface area contributed by atoms with Crippen LogP contribution >= 0.6 is 0 Å². The van der Waals surface area contributed by atoms with Gasteiger partial charge in [-0.15, -0.1) is 0 Å². The zero-order chi connectivity index (χ0) is 14.9. The molecule has 5 heteroatoms. The molecule has 0 unspecified atom stereocenters. The van der Waals surface area contributed by atoms with Gasteiger partial charge in [-0.05, 0) is 30.7 Å². The molecule has 1 fully saturated rings. The Bertz CT molecular complexity index is 780. The molecule has 4 rings (SSSR count). The van der Waals surface area contributed by atoms with E-state index in [1.165, 1.54) is 0 Å². The van der Waals surface area contributed by atoms with Crippen molar-refractivity contribution in [2.24, 2.45) is 0 Å². The summed E-state index contributed by atoms with van der Waals surface area (Å²) < 4.78 is 5.82. The van der Waals surface area contributed by atoms with Gasteiger partial charge in [0.2, 0.25) is 0 Å². The van der Waals surface area contributed by atoms with Crippen molar-refractivity contribution in [3.63, 3.8) is 0 Å². The normalized spacial score (nSPS) is 18.0. The molecular formula is C17H15N3O2. The number of hydrogen-bond acceptors (Lipinski definition) is 4. The van der Waals surface area contributed by atoms with Gasteiger partial charge in [0.05, 0.1) is 11.5 Å². The minimum Gasteiger partial charge on any atom is -0.440 e. The molecule has 3 heterocycles. The van der Waals surface area contributed by atoms with Gasteiger partial charge in [-0.25, -0.2) is 4.98 Å². The summed E-state index contributed by atoms with van der Waals surface area (Å²) in [5, 5.41) is 0. The van der Waals surface area contributed by atoms with Gasteiger partial charge in [0.15, 0.2) is 11.5 Å². The van der Waals surface area contributed by atoms with Crippen LogP contribution in [0.5, 0.6) is 0 Å². The summed E-state index contributed by atoms with van der Waals surface area (Å²) in [5.74, 6) is 0.905. The SMILES string of the molecule is O=C(c1cccnc1)N1CC[C@@H](c2nc3ccccc3o2)C1. The van der Waals surface area contributed by atoms with Crippen molar-refractivity contribution in [1.29, 1.82) is 0 Å². The topological polar surface area (TPSA) is 59.2 Å². The minimum atomic E-state index is 0.0201. The molecule has 1 amide bonds. The Morgan fingerprint density at radius 3 is 2.95 bits per heavy atom. The standard InChI is InChI=1S/C17H15N3O2/c21-17(12-4-3-8-18-10-12)20-9-7-13(11-20)16-19-14-5-1-2-6-15(14)22-16/h1-6,8,10,13H,7,9,11H2/t13-/m1/s1. The number of aromatic nitrogens is 2. The van der Waals surface area contributed by atoms with Crippen LogP contribution in [0.25, 0.3) is 11.1 Å². The van der Waals surface area contributed by atoms with Gasteiger partial charge in [-0.2, -0.15) is 0 Å². The van der Waals surface area contributed by atoms with E-state index in [9.17, 15) is 4.79 Å². The fourth-order valence-electron chi connectivity index (χ4n) is 2.88.